The smallest absolute Gasteiger partial charge is 0.323 e. The van der Waals surface area contributed by atoms with Crippen molar-refractivity contribution in [2.75, 3.05) is 6.54 Å². The Balaban J connectivity index is 1.88. The Morgan fingerprint density at radius 1 is 1.23 bits per heavy atom. The summed E-state index contributed by atoms with van der Waals surface area (Å²) < 4.78 is 0. The van der Waals surface area contributed by atoms with Crippen molar-refractivity contribution in [2.45, 2.75) is 23.1 Å². The number of rotatable bonds is 3. The van der Waals surface area contributed by atoms with Gasteiger partial charge in [0.05, 0.1) is 10.9 Å². The van der Waals surface area contributed by atoms with Gasteiger partial charge in [-0.2, -0.15) is 0 Å². The minimum atomic E-state index is -1.23. The zero-order chi connectivity index (χ0) is 18.6. The van der Waals surface area contributed by atoms with Crippen LogP contribution in [-0.4, -0.2) is 44.6 Å². The Hall–Kier alpha value is -2.39. The Labute approximate surface area is 156 Å². The summed E-state index contributed by atoms with van der Waals surface area (Å²) in [4.78, 5) is 52.7. The first-order chi connectivity index (χ1) is 12.4. The van der Waals surface area contributed by atoms with Crippen LogP contribution in [-0.2, 0) is 14.4 Å². The molecule has 1 aromatic carbocycles. The molecule has 26 heavy (non-hydrogen) atoms. The molecule has 0 aliphatic carbocycles. The minimum absolute atomic E-state index is 0.233. The van der Waals surface area contributed by atoms with Crippen LogP contribution in [0.2, 0.25) is 0 Å². The second-order valence-corrected chi connectivity index (χ2v) is 8.43. The summed E-state index contributed by atoms with van der Waals surface area (Å²) in [6, 6.07) is 7.54. The number of aliphatic carboxylic acids is 1. The molecule has 0 saturated carbocycles. The van der Waals surface area contributed by atoms with E-state index in [2.05, 4.69) is 4.98 Å². The van der Waals surface area contributed by atoms with Crippen LogP contribution >= 0.6 is 23.1 Å². The Kier molecular flexibility index (Phi) is 4.00. The molecule has 2 N–H and O–H groups in total. The van der Waals surface area contributed by atoms with Gasteiger partial charge in [-0.1, -0.05) is 47.4 Å². The third-order valence-electron chi connectivity index (χ3n) is 4.73. The second kappa shape index (κ2) is 6.10. The van der Waals surface area contributed by atoms with E-state index in [0.717, 1.165) is 44.0 Å². The lowest BCUT2D eigenvalue weighted by Crippen LogP contribution is -2.36. The van der Waals surface area contributed by atoms with E-state index in [9.17, 15) is 19.2 Å². The monoisotopic (exact) mass is 390 g/mol. The summed E-state index contributed by atoms with van der Waals surface area (Å²) in [7, 11) is 0. The predicted molar refractivity (Wildman–Crippen MR) is 95.5 cm³/mol. The standard InChI is InChI=1S/C17H14N2O5S2/c1-7-4-2-3-5-8(7)10-11-13(25-14-12(10)26-17(24)18-14)16(23)19(15(11)22)6-9(20)21/h2-5,10-11,13H,6H2,1H3,(H,18,24)(H,20,21)/t10-,11?,13?/m1/s1. The molecule has 0 radical (unpaired) electrons. The second-order valence-electron chi connectivity index (χ2n) is 6.26. The van der Waals surface area contributed by atoms with Crippen LogP contribution in [0.25, 0.3) is 0 Å². The fourth-order valence-electron chi connectivity index (χ4n) is 3.64. The number of thiazole rings is 1. The number of H-pyrrole nitrogens is 1. The van der Waals surface area contributed by atoms with Crippen molar-refractivity contribution in [2.24, 2.45) is 5.92 Å². The lowest BCUT2D eigenvalue weighted by molar-refractivity contribution is -0.149. The molecule has 9 heteroatoms. The highest BCUT2D eigenvalue weighted by Gasteiger charge is 2.56. The number of carbonyl (C=O) groups excluding carboxylic acids is 2. The predicted octanol–water partition coefficient (Wildman–Crippen LogP) is 1.42. The normalized spacial score (nSPS) is 24.5. The van der Waals surface area contributed by atoms with E-state index in [1.54, 1.807) is 0 Å². The molecule has 2 aliphatic rings. The molecule has 1 saturated heterocycles. The molecule has 1 aromatic heterocycles. The van der Waals surface area contributed by atoms with Gasteiger partial charge in [0.25, 0.3) is 0 Å². The number of benzene rings is 1. The van der Waals surface area contributed by atoms with E-state index < -0.39 is 41.4 Å². The fourth-order valence-corrected chi connectivity index (χ4v) is 6.16. The maximum atomic E-state index is 12.9. The Bertz CT molecular complexity index is 995. The van der Waals surface area contributed by atoms with Gasteiger partial charge < -0.3 is 10.1 Å². The van der Waals surface area contributed by atoms with Gasteiger partial charge in [-0.25, -0.2) is 0 Å². The quantitative estimate of drug-likeness (QED) is 0.768. The Morgan fingerprint density at radius 3 is 2.65 bits per heavy atom. The van der Waals surface area contributed by atoms with Gasteiger partial charge in [0, 0.05) is 10.8 Å². The lowest BCUT2D eigenvalue weighted by Gasteiger charge is -2.30. The number of aromatic nitrogens is 1. The number of nitrogens with one attached hydrogen (secondary N) is 1. The van der Waals surface area contributed by atoms with Crippen LogP contribution in [0.1, 0.15) is 21.9 Å². The molecule has 0 bridgehead atoms. The highest BCUT2D eigenvalue weighted by molar-refractivity contribution is 8.00. The van der Waals surface area contributed by atoms with E-state index in [4.69, 9.17) is 5.11 Å². The third kappa shape index (κ3) is 2.50. The number of aromatic amines is 1. The van der Waals surface area contributed by atoms with Crippen molar-refractivity contribution < 1.29 is 19.5 Å². The van der Waals surface area contributed by atoms with Crippen molar-refractivity contribution in [1.82, 2.24) is 9.88 Å². The summed E-state index contributed by atoms with van der Waals surface area (Å²) in [5.74, 6) is -3.40. The highest BCUT2D eigenvalue weighted by atomic mass is 32.2. The number of hydrogen-bond donors (Lipinski definition) is 2. The summed E-state index contributed by atoms with van der Waals surface area (Å²) >= 11 is 2.18. The average molecular weight is 390 g/mol. The first-order valence-corrected chi connectivity index (χ1v) is 9.60. The Morgan fingerprint density at radius 2 is 1.96 bits per heavy atom. The molecular formula is C17H14N2O5S2. The number of carboxylic acids is 1. The van der Waals surface area contributed by atoms with Gasteiger partial charge in [-0.15, -0.1) is 0 Å². The van der Waals surface area contributed by atoms with Crippen molar-refractivity contribution in [1.29, 1.82) is 0 Å². The van der Waals surface area contributed by atoms with Crippen LogP contribution < -0.4 is 4.87 Å². The summed E-state index contributed by atoms with van der Waals surface area (Å²) in [6.07, 6.45) is 0. The molecule has 3 atom stereocenters. The third-order valence-corrected chi connectivity index (χ3v) is 7.13. The lowest BCUT2D eigenvalue weighted by atomic mass is 9.81. The zero-order valence-corrected chi connectivity index (χ0v) is 15.2. The summed E-state index contributed by atoms with van der Waals surface area (Å²) in [5, 5.41) is 8.90. The van der Waals surface area contributed by atoms with Gasteiger partial charge in [0.1, 0.15) is 11.8 Å². The SMILES string of the molecule is Cc1ccccc1[C@H]1c2sc(=O)[nH]c2SC2C(=O)N(CC(=O)O)C(=O)C21. The summed E-state index contributed by atoms with van der Waals surface area (Å²) in [6.45, 7) is 1.27. The molecule has 2 aliphatic heterocycles. The van der Waals surface area contributed by atoms with Gasteiger partial charge >= 0.3 is 10.8 Å². The van der Waals surface area contributed by atoms with E-state index in [-0.39, 0.29) is 4.87 Å². The fraction of sp³-hybridized carbons (Fsp3) is 0.294. The molecule has 3 heterocycles. The van der Waals surface area contributed by atoms with Gasteiger partial charge in [0.15, 0.2) is 0 Å². The average Bonchev–Trinajstić information content (AvgIpc) is 3.06. The van der Waals surface area contributed by atoms with Gasteiger partial charge in [-0.3, -0.25) is 24.1 Å². The van der Waals surface area contributed by atoms with Crippen LogP contribution in [0.4, 0.5) is 0 Å². The minimum Gasteiger partial charge on any atom is -0.480 e. The number of thioether (sulfide) groups is 1. The number of hydrogen-bond acceptors (Lipinski definition) is 6. The number of carbonyl (C=O) groups is 3. The number of nitrogens with zero attached hydrogens (tertiary/aromatic N) is 1. The molecule has 4 rings (SSSR count). The highest BCUT2D eigenvalue weighted by Crippen LogP contribution is 2.52. The first-order valence-electron chi connectivity index (χ1n) is 7.90. The van der Waals surface area contributed by atoms with Gasteiger partial charge in [-0.05, 0) is 18.1 Å². The number of likely N-dealkylation sites (tertiary alicyclic amines) is 1. The summed E-state index contributed by atoms with van der Waals surface area (Å²) in [5.41, 5.74) is 1.82. The van der Waals surface area contributed by atoms with Crippen molar-refractivity contribution in [3.8, 4) is 0 Å². The molecule has 2 unspecified atom stereocenters. The van der Waals surface area contributed by atoms with Crippen molar-refractivity contribution in [3.05, 3.63) is 49.9 Å². The maximum Gasteiger partial charge on any atom is 0.323 e. The molecule has 7 nitrogen and oxygen atoms in total. The molecule has 2 aromatic rings. The maximum absolute atomic E-state index is 12.9. The van der Waals surface area contributed by atoms with E-state index in [1.165, 1.54) is 0 Å². The number of amides is 2. The first kappa shape index (κ1) is 17.0. The van der Waals surface area contributed by atoms with E-state index >= 15 is 0 Å². The van der Waals surface area contributed by atoms with E-state index in [0.29, 0.717) is 5.03 Å². The van der Waals surface area contributed by atoms with Crippen LogP contribution in [0.15, 0.2) is 34.1 Å². The largest absolute Gasteiger partial charge is 0.480 e. The number of carboxylic acid groups (broad SMARTS) is 1. The van der Waals surface area contributed by atoms with Crippen LogP contribution in [0, 0.1) is 12.8 Å². The zero-order valence-electron chi connectivity index (χ0n) is 13.6. The van der Waals surface area contributed by atoms with Crippen LogP contribution in [0.3, 0.4) is 0 Å². The number of imide groups is 1. The molecule has 0 spiro atoms. The topological polar surface area (TPSA) is 108 Å². The number of fused-ring (bicyclic) bond motifs is 2. The molecule has 1 fully saturated rings. The molecule has 2 amide bonds. The van der Waals surface area contributed by atoms with Crippen molar-refractivity contribution >= 4 is 40.9 Å². The molecular weight excluding hydrogens is 376 g/mol. The van der Waals surface area contributed by atoms with Crippen molar-refractivity contribution in [3.63, 3.8) is 0 Å². The van der Waals surface area contributed by atoms with Crippen LogP contribution in [0.5, 0.6) is 0 Å². The molecule has 134 valence electrons. The van der Waals surface area contributed by atoms with Gasteiger partial charge in [0.2, 0.25) is 11.8 Å². The van der Waals surface area contributed by atoms with E-state index in [1.807, 2.05) is 31.2 Å². The number of aryl methyl sites for hydroxylation is 1.